The van der Waals surface area contributed by atoms with Crippen LogP contribution >= 0.6 is 0 Å². The molecule has 0 bridgehead atoms. The molecule has 0 spiro atoms. The molecule has 1 aromatic heterocycles. The van der Waals surface area contributed by atoms with Gasteiger partial charge in [0, 0.05) is 24.7 Å². The highest BCUT2D eigenvalue weighted by Gasteiger charge is 2.22. The Labute approximate surface area is 162 Å². The number of nitrogens with one attached hydrogen (secondary N) is 2. The Morgan fingerprint density at radius 1 is 1.10 bits per heavy atom. The average Bonchev–Trinajstić information content (AvgIpc) is 3.24. The zero-order chi connectivity index (χ0) is 20.8. The maximum Gasteiger partial charge on any atom is 0.315 e. The summed E-state index contributed by atoms with van der Waals surface area (Å²) in [4.78, 5) is 21.2. The Bertz CT molecular complexity index is 1010. The number of tetrazole rings is 1. The third-order valence-electron chi connectivity index (χ3n) is 3.84. The first-order chi connectivity index (χ1) is 14.0. The second-order valence-corrected chi connectivity index (χ2v) is 5.70. The van der Waals surface area contributed by atoms with Gasteiger partial charge in [-0.2, -0.15) is 5.21 Å². The van der Waals surface area contributed by atoms with Crippen LogP contribution in [0.15, 0.2) is 36.4 Å². The van der Waals surface area contributed by atoms with Gasteiger partial charge >= 0.3 is 5.69 Å². The maximum atomic E-state index is 11.5. The van der Waals surface area contributed by atoms with Crippen LogP contribution in [0.25, 0.3) is 0 Å². The molecule has 0 radical (unpaired) electrons. The summed E-state index contributed by atoms with van der Waals surface area (Å²) in [5.74, 6) is 0.371. The monoisotopic (exact) mass is 401 g/mol. The minimum atomic E-state index is -0.578. The van der Waals surface area contributed by atoms with Crippen LogP contribution in [-0.2, 0) is 13.2 Å². The van der Waals surface area contributed by atoms with Crippen molar-refractivity contribution in [3.8, 4) is 11.5 Å². The smallest absolute Gasteiger partial charge is 0.315 e. The number of hydrogen-bond donors (Lipinski definition) is 2. The maximum absolute atomic E-state index is 11.5. The number of rotatable bonds is 9. The average molecular weight is 401 g/mol. The largest absolute Gasteiger partial charge is 0.493 e. The standard InChI is InChI=1S/C16H15N7O6/c1-28-14-7-11(8-17-16-18-20-21-19-16)6-13(23(26)27)15(14)29-9-10-2-4-12(5-3-10)22(24)25/h2-7H,8-9H2,1H3,(H2,17,18,19,20,21). The van der Waals surface area contributed by atoms with E-state index >= 15 is 0 Å². The molecule has 0 fully saturated rings. The summed E-state index contributed by atoms with van der Waals surface area (Å²) >= 11 is 0. The van der Waals surface area contributed by atoms with Gasteiger partial charge in [0.05, 0.1) is 17.0 Å². The third kappa shape index (κ3) is 4.71. The van der Waals surface area contributed by atoms with E-state index in [0.29, 0.717) is 11.1 Å². The van der Waals surface area contributed by atoms with Gasteiger partial charge in [-0.15, -0.1) is 5.10 Å². The molecular weight excluding hydrogens is 386 g/mol. The van der Waals surface area contributed by atoms with Gasteiger partial charge in [-0.05, 0) is 34.5 Å². The fraction of sp³-hybridized carbons (Fsp3) is 0.188. The molecular formula is C16H15N7O6. The van der Waals surface area contributed by atoms with Crippen LogP contribution in [0.2, 0.25) is 0 Å². The summed E-state index contributed by atoms with van der Waals surface area (Å²) in [6.07, 6.45) is 0. The molecule has 0 saturated heterocycles. The van der Waals surface area contributed by atoms with Crippen molar-refractivity contribution in [2.24, 2.45) is 0 Å². The van der Waals surface area contributed by atoms with Gasteiger partial charge in [0.15, 0.2) is 5.75 Å². The molecule has 2 N–H and O–H groups in total. The number of aromatic nitrogens is 4. The van der Waals surface area contributed by atoms with Gasteiger partial charge in [0.25, 0.3) is 11.6 Å². The van der Waals surface area contributed by atoms with Gasteiger partial charge in [-0.3, -0.25) is 20.2 Å². The molecule has 13 heteroatoms. The second kappa shape index (κ2) is 8.60. The zero-order valence-electron chi connectivity index (χ0n) is 15.1. The second-order valence-electron chi connectivity index (χ2n) is 5.70. The Balaban J connectivity index is 1.80. The summed E-state index contributed by atoms with van der Waals surface area (Å²) < 4.78 is 10.9. The number of H-pyrrole nitrogens is 1. The first kappa shape index (κ1) is 19.5. The number of aromatic amines is 1. The van der Waals surface area contributed by atoms with Crippen LogP contribution in [0.5, 0.6) is 11.5 Å². The third-order valence-corrected chi connectivity index (χ3v) is 3.84. The number of nitro benzene ring substituents is 2. The van der Waals surface area contributed by atoms with Gasteiger partial charge in [0.1, 0.15) is 6.61 Å². The molecule has 3 rings (SSSR count). The Hall–Kier alpha value is -4.29. The van der Waals surface area contributed by atoms with Crippen molar-refractivity contribution in [1.82, 2.24) is 20.6 Å². The van der Waals surface area contributed by atoms with E-state index < -0.39 is 9.85 Å². The molecule has 0 aliphatic carbocycles. The molecule has 0 amide bonds. The number of ether oxygens (including phenoxy) is 2. The lowest BCUT2D eigenvalue weighted by atomic mass is 10.1. The Morgan fingerprint density at radius 2 is 1.86 bits per heavy atom. The van der Waals surface area contributed by atoms with Crippen molar-refractivity contribution >= 4 is 17.3 Å². The predicted octanol–water partition coefficient (Wildman–Crippen LogP) is 2.22. The lowest BCUT2D eigenvalue weighted by Crippen LogP contribution is -2.05. The normalized spacial score (nSPS) is 10.4. The highest BCUT2D eigenvalue weighted by Crippen LogP contribution is 2.39. The summed E-state index contributed by atoms with van der Waals surface area (Å²) in [7, 11) is 1.37. The minimum absolute atomic E-state index is 0.0321. The van der Waals surface area contributed by atoms with E-state index in [2.05, 4.69) is 25.9 Å². The van der Waals surface area contributed by atoms with E-state index in [1.54, 1.807) is 6.07 Å². The van der Waals surface area contributed by atoms with Crippen LogP contribution < -0.4 is 14.8 Å². The van der Waals surface area contributed by atoms with E-state index in [1.807, 2.05) is 0 Å². The van der Waals surface area contributed by atoms with Crippen molar-refractivity contribution in [2.75, 3.05) is 12.4 Å². The van der Waals surface area contributed by atoms with E-state index in [1.165, 1.54) is 37.4 Å². The van der Waals surface area contributed by atoms with Crippen molar-refractivity contribution in [3.63, 3.8) is 0 Å². The molecule has 0 unspecified atom stereocenters. The van der Waals surface area contributed by atoms with Gasteiger partial charge in [-0.1, -0.05) is 5.10 Å². The minimum Gasteiger partial charge on any atom is -0.493 e. The molecule has 0 atom stereocenters. The van der Waals surface area contributed by atoms with Crippen LogP contribution in [0.4, 0.5) is 17.3 Å². The summed E-state index contributed by atoms with van der Waals surface area (Å²) in [6, 6.07) is 8.62. The fourth-order valence-electron chi connectivity index (χ4n) is 2.46. The Morgan fingerprint density at radius 3 is 2.45 bits per heavy atom. The lowest BCUT2D eigenvalue weighted by Gasteiger charge is -2.13. The van der Waals surface area contributed by atoms with Gasteiger partial charge in [0.2, 0.25) is 5.75 Å². The van der Waals surface area contributed by atoms with Crippen molar-refractivity contribution < 1.29 is 19.3 Å². The van der Waals surface area contributed by atoms with Crippen LogP contribution in [-0.4, -0.2) is 37.6 Å². The fourth-order valence-corrected chi connectivity index (χ4v) is 2.46. The summed E-state index contributed by atoms with van der Waals surface area (Å²) in [5, 5.41) is 38.3. The van der Waals surface area contributed by atoms with E-state index in [9.17, 15) is 20.2 Å². The number of anilines is 1. The number of nitrogens with zero attached hydrogens (tertiary/aromatic N) is 5. The van der Waals surface area contributed by atoms with Crippen molar-refractivity contribution in [2.45, 2.75) is 13.2 Å². The first-order valence-corrected chi connectivity index (χ1v) is 8.16. The predicted molar refractivity (Wildman–Crippen MR) is 98.6 cm³/mol. The summed E-state index contributed by atoms with van der Waals surface area (Å²) in [6.45, 7) is 0.162. The molecule has 29 heavy (non-hydrogen) atoms. The van der Waals surface area contributed by atoms with Crippen molar-refractivity contribution in [1.29, 1.82) is 0 Å². The molecule has 1 heterocycles. The Kier molecular flexibility index (Phi) is 5.77. The van der Waals surface area contributed by atoms with Crippen LogP contribution in [0.3, 0.4) is 0 Å². The molecule has 0 aliphatic heterocycles. The number of methoxy groups -OCH3 is 1. The van der Waals surface area contributed by atoms with E-state index in [0.717, 1.165) is 0 Å². The highest BCUT2D eigenvalue weighted by atomic mass is 16.6. The molecule has 3 aromatic rings. The van der Waals surface area contributed by atoms with Gasteiger partial charge < -0.3 is 14.8 Å². The van der Waals surface area contributed by atoms with Crippen molar-refractivity contribution in [3.05, 3.63) is 67.8 Å². The molecule has 13 nitrogen and oxygen atoms in total. The molecule has 0 aliphatic rings. The van der Waals surface area contributed by atoms with Gasteiger partial charge in [-0.25, -0.2) is 0 Å². The molecule has 150 valence electrons. The number of benzene rings is 2. The highest BCUT2D eigenvalue weighted by molar-refractivity contribution is 5.58. The molecule has 0 saturated carbocycles. The quantitative estimate of drug-likeness (QED) is 0.400. The SMILES string of the molecule is COc1cc(CNc2nn[nH]n2)cc([N+](=O)[O-])c1OCc1ccc([N+](=O)[O-])cc1. The summed E-state index contributed by atoms with van der Waals surface area (Å²) in [5.41, 5.74) is 0.808. The van der Waals surface area contributed by atoms with E-state index in [-0.39, 0.29) is 42.0 Å². The zero-order valence-corrected chi connectivity index (χ0v) is 15.1. The first-order valence-electron chi connectivity index (χ1n) is 8.16. The number of nitro groups is 2. The topological polar surface area (TPSA) is 171 Å². The number of non-ortho nitro benzene ring substituents is 1. The lowest BCUT2D eigenvalue weighted by molar-refractivity contribution is -0.386. The van der Waals surface area contributed by atoms with Crippen LogP contribution in [0, 0.1) is 20.2 Å². The van der Waals surface area contributed by atoms with Crippen LogP contribution in [0.1, 0.15) is 11.1 Å². The van der Waals surface area contributed by atoms with E-state index in [4.69, 9.17) is 9.47 Å². The molecule has 2 aromatic carbocycles. The number of hydrogen-bond acceptors (Lipinski definition) is 10.